The Morgan fingerprint density at radius 2 is 2.00 bits per heavy atom. The average molecular weight is 319 g/mol. The molecule has 5 heteroatoms. The number of fused-ring (bicyclic) bond motifs is 1. The summed E-state index contributed by atoms with van der Waals surface area (Å²) in [6, 6.07) is 13.0. The number of H-pyrrole nitrogens is 1. The fourth-order valence-electron chi connectivity index (χ4n) is 2.71. The van der Waals surface area contributed by atoms with E-state index in [1.54, 1.807) is 25.3 Å². The lowest BCUT2D eigenvalue weighted by molar-refractivity contribution is -0.111. The summed E-state index contributed by atoms with van der Waals surface area (Å²) in [6.07, 6.45) is 4.93. The van der Waals surface area contributed by atoms with Gasteiger partial charge in [-0.2, -0.15) is 0 Å². The highest BCUT2D eigenvalue weighted by molar-refractivity contribution is 6.09. The highest BCUT2D eigenvalue weighted by Gasteiger charge is 2.12. The fourth-order valence-corrected chi connectivity index (χ4v) is 2.71. The van der Waals surface area contributed by atoms with Gasteiger partial charge < -0.3 is 16.0 Å². The number of benzene rings is 2. The van der Waals surface area contributed by atoms with Gasteiger partial charge in [0.1, 0.15) is 0 Å². The van der Waals surface area contributed by atoms with Crippen LogP contribution in [0.4, 0.5) is 5.69 Å². The number of aromatic nitrogens is 1. The molecule has 0 saturated carbocycles. The number of aromatic amines is 1. The lowest BCUT2D eigenvalue weighted by Crippen LogP contribution is -2.11. The Morgan fingerprint density at radius 3 is 2.75 bits per heavy atom. The first kappa shape index (κ1) is 15.6. The highest BCUT2D eigenvalue weighted by atomic mass is 16.1. The van der Waals surface area contributed by atoms with Crippen LogP contribution >= 0.6 is 0 Å². The van der Waals surface area contributed by atoms with Crippen molar-refractivity contribution in [2.75, 3.05) is 5.32 Å². The zero-order valence-corrected chi connectivity index (χ0v) is 13.2. The molecular weight excluding hydrogens is 302 g/mol. The van der Waals surface area contributed by atoms with E-state index in [0.29, 0.717) is 16.8 Å². The number of allylic oxidation sites excluding steroid dienone is 1. The SMILES string of the molecule is CC=CC(=O)Nc1cccc(-c2ccc(C(N)=O)c3[nH]ccc23)c1. The largest absolute Gasteiger partial charge is 0.366 e. The van der Waals surface area contributed by atoms with Crippen LogP contribution in [-0.4, -0.2) is 16.8 Å². The van der Waals surface area contributed by atoms with Gasteiger partial charge in [0, 0.05) is 17.3 Å². The number of anilines is 1. The number of hydrogen-bond donors (Lipinski definition) is 3. The number of nitrogens with two attached hydrogens (primary N) is 1. The summed E-state index contributed by atoms with van der Waals surface area (Å²) in [5, 5.41) is 3.72. The third kappa shape index (κ3) is 2.92. The smallest absolute Gasteiger partial charge is 0.250 e. The zero-order valence-electron chi connectivity index (χ0n) is 13.2. The zero-order chi connectivity index (χ0) is 17.1. The maximum absolute atomic E-state index is 11.7. The molecule has 3 rings (SSSR count). The molecule has 0 fully saturated rings. The topological polar surface area (TPSA) is 88.0 Å². The number of rotatable bonds is 4. The van der Waals surface area contributed by atoms with E-state index in [-0.39, 0.29) is 5.91 Å². The van der Waals surface area contributed by atoms with Crippen molar-refractivity contribution in [3.8, 4) is 11.1 Å². The molecule has 0 aliphatic carbocycles. The van der Waals surface area contributed by atoms with Crippen molar-refractivity contribution in [2.45, 2.75) is 6.92 Å². The molecule has 1 heterocycles. The predicted molar refractivity (Wildman–Crippen MR) is 95.7 cm³/mol. The van der Waals surface area contributed by atoms with Crippen LogP contribution in [0.3, 0.4) is 0 Å². The van der Waals surface area contributed by atoms with Crippen molar-refractivity contribution in [1.29, 1.82) is 0 Å². The van der Waals surface area contributed by atoms with Crippen LogP contribution in [0.15, 0.2) is 60.8 Å². The van der Waals surface area contributed by atoms with Gasteiger partial charge in [0.15, 0.2) is 0 Å². The van der Waals surface area contributed by atoms with Crippen molar-refractivity contribution in [3.05, 3.63) is 66.4 Å². The van der Waals surface area contributed by atoms with Crippen LogP contribution < -0.4 is 11.1 Å². The number of primary amides is 1. The Bertz CT molecular complexity index is 954. The first-order chi connectivity index (χ1) is 11.6. The van der Waals surface area contributed by atoms with Crippen LogP contribution in [0.25, 0.3) is 22.0 Å². The van der Waals surface area contributed by atoms with Crippen LogP contribution in [-0.2, 0) is 4.79 Å². The molecular formula is C19H17N3O2. The Balaban J connectivity index is 2.05. The van der Waals surface area contributed by atoms with Crippen molar-refractivity contribution in [2.24, 2.45) is 5.73 Å². The van der Waals surface area contributed by atoms with E-state index in [9.17, 15) is 9.59 Å². The molecule has 2 aromatic carbocycles. The van der Waals surface area contributed by atoms with Crippen LogP contribution in [0.2, 0.25) is 0 Å². The Hall–Kier alpha value is -3.34. The van der Waals surface area contributed by atoms with E-state index in [1.165, 1.54) is 6.08 Å². The maximum atomic E-state index is 11.7. The molecule has 120 valence electrons. The van der Waals surface area contributed by atoms with Crippen LogP contribution in [0.1, 0.15) is 17.3 Å². The molecule has 0 spiro atoms. The molecule has 4 N–H and O–H groups in total. The average Bonchev–Trinajstić information content (AvgIpc) is 3.03. The Morgan fingerprint density at radius 1 is 1.17 bits per heavy atom. The third-order valence-electron chi connectivity index (χ3n) is 3.75. The molecule has 1 aromatic heterocycles. The second-order valence-corrected chi connectivity index (χ2v) is 5.36. The Labute approximate surface area is 139 Å². The minimum Gasteiger partial charge on any atom is -0.366 e. The van der Waals surface area contributed by atoms with E-state index in [1.807, 2.05) is 36.4 Å². The van der Waals surface area contributed by atoms with Gasteiger partial charge in [0.2, 0.25) is 5.91 Å². The molecule has 0 unspecified atom stereocenters. The van der Waals surface area contributed by atoms with Crippen LogP contribution in [0.5, 0.6) is 0 Å². The minimum atomic E-state index is -0.471. The number of hydrogen-bond acceptors (Lipinski definition) is 2. The summed E-state index contributed by atoms with van der Waals surface area (Å²) in [5.74, 6) is -0.646. The number of nitrogens with one attached hydrogen (secondary N) is 2. The molecule has 0 radical (unpaired) electrons. The van der Waals surface area contributed by atoms with Gasteiger partial charge in [-0.3, -0.25) is 9.59 Å². The lowest BCUT2D eigenvalue weighted by Gasteiger charge is -2.09. The molecule has 5 nitrogen and oxygen atoms in total. The number of carbonyl (C=O) groups is 2. The van der Waals surface area contributed by atoms with Gasteiger partial charge in [0.05, 0.1) is 11.1 Å². The standard InChI is InChI=1S/C19H17N3O2/c1-2-4-17(23)22-13-6-3-5-12(11-13)14-7-8-16(19(20)24)18-15(14)9-10-21-18/h2-11,21H,1H3,(H2,20,24)(H,22,23). The van der Waals surface area contributed by atoms with Crippen molar-refractivity contribution in [3.63, 3.8) is 0 Å². The van der Waals surface area contributed by atoms with E-state index >= 15 is 0 Å². The monoisotopic (exact) mass is 319 g/mol. The van der Waals surface area contributed by atoms with E-state index < -0.39 is 5.91 Å². The van der Waals surface area contributed by atoms with E-state index in [0.717, 1.165) is 16.5 Å². The lowest BCUT2D eigenvalue weighted by atomic mass is 9.98. The molecule has 24 heavy (non-hydrogen) atoms. The predicted octanol–water partition coefficient (Wildman–Crippen LogP) is 3.45. The van der Waals surface area contributed by atoms with Gasteiger partial charge in [-0.25, -0.2) is 0 Å². The van der Waals surface area contributed by atoms with E-state index in [4.69, 9.17) is 5.73 Å². The molecule has 3 aromatic rings. The van der Waals surface area contributed by atoms with Crippen molar-refractivity contribution < 1.29 is 9.59 Å². The van der Waals surface area contributed by atoms with E-state index in [2.05, 4.69) is 10.3 Å². The summed E-state index contributed by atoms with van der Waals surface area (Å²) >= 11 is 0. The first-order valence-corrected chi connectivity index (χ1v) is 7.54. The molecule has 0 bridgehead atoms. The normalized spacial score (nSPS) is 11.0. The van der Waals surface area contributed by atoms with Gasteiger partial charge in [-0.15, -0.1) is 0 Å². The van der Waals surface area contributed by atoms with Gasteiger partial charge in [-0.05, 0) is 48.4 Å². The second kappa shape index (κ2) is 6.42. The van der Waals surface area contributed by atoms with Crippen LogP contribution in [0, 0.1) is 0 Å². The summed E-state index contributed by atoms with van der Waals surface area (Å²) in [5.41, 5.74) is 9.19. The highest BCUT2D eigenvalue weighted by Crippen LogP contribution is 2.31. The molecule has 2 amide bonds. The summed E-state index contributed by atoms with van der Waals surface area (Å²) in [7, 11) is 0. The van der Waals surface area contributed by atoms with Gasteiger partial charge >= 0.3 is 0 Å². The first-order valence-electron chi connectivity index (χ1n) is 7.54. The van der Waals surface area contributed by atoms with Crippen molar-refractivity contribution >= 4 is 28.4 Å². The van der Waals surface area contributed by atoms with Gasteiger partial charge in [-0.1, -0.05) is 24.3 Å². The summed E-state index contributed by atoms with van der Waals surface area (Å²) in [4.78, 5) is 26.3. The van der Waals surface area contributed by atoms with Crippen molar-refractivity contribution in [1.82, 2.24) is 4.98 Å². The molecule has 0 atom stereocenters. The number of carbonyl (C=O) groups excluding carboxylic acids is 2. The minimum absolute atomic E-state index is 0.175. The Kier molecular flexibility index (Phi) is 4.16. The molecule has 0 aliphatic heterocycles. The fraction of sp³-hybridized carbons (Fsp3) is 0.0526. The quantitative estimate of drug-likeness (QED) is 0.643. The molecule has 0 saturated heterocycles. The third-order valence-corrected chi connectivity index (χ3v) is 3.75. The maximum Gasteiger partial charge on any atom is 0.250 e. The molecule has 0 aliphatic rings. The second-order valence-electron chi connectivity index (χ2n) is 5.36. The summed E-state index contributed by atoms with van der Waals surface area (Å²) in [6.45, 7) is 1.79. The summed E-state index contributed by atoms with van der Waals surface area (Å²) < 4.78 is 0. The van der Waals surface area contributed by atoms with Gasteiger partial charge in [0.25, 0.3) is 5.91 Å². The number of amides is 2.